The lowest BCUT2D eigenvalue weighted by molar-refractivity contribution is 0.219. The van der Waals surface area contributed by atoms with E-state index in [1.165, 1.54) is 11.3 Å². The predicted molar refractivity (Wildman–Crippen MR) is 90.6 cm³/mol. The maximum atomic E-state index is 9.49. The van der Waals surface area contributed by atoms with Crippen LogP contribution in [0.25, 0.3) is 11.0 Å². The molecule has 2 heterocycles. The molecule has 2 atom stereocenters. The van der Waals surface area contributed by atoms with E-state index in [9.17, 15) is 5.11 Å². The molecule has 1 aliphatic rings. The largest absolute Gasteiger partial charge is 0.396 e. The Kier molecular flexibility index (Phi) is 3.50. The Labute approximate surface area is 135 Å². The van der Waals surface area contributed by atoms with Gasteiger partial charge in [0.1, 0.15) is 17.1 Å². The summed E-state index contributed by atoms with van der Waals surface area (Å²) in [5.41, 5.74) is 4.26. The third-order valence-corrected chi connectivity index (χ3v) is 4.67. The van der Waals surface area contributed by atoms with Gasteiger partial charge >= 0.3 is 0 Å². The molecule has 0 aliphatic carbocycles. The van der Waals surface area contributed by atoms with Crippen LogP contribution in [0.3, 0.4) is 0 Å². The van der Waals surface area contributed by atoms with Crippen LogP contribution < -0.4 is 4.90 Å². The first kappa shape index (κ1) is 14.2. The summed E-state index contributed by atoms with van der Waals surface area (Å²) >= 11 is 0. The molecule has 118 valence electrons. The summed E-state index contributed by atoms with van der Waals surface area (Å²) in [5, 5.41) is 18.9. The van der Waals surface area contributed by atoms with Crippen LogP contribution in [0, 0.1) is 5.92 Å². The molecule has 0 radical (unpaired) electrons. The summed E-state index contributed by atoms with van der Waals surface area (Å²) in [6.07, 6.45) is 0.737. The minimum atomic E-state index is 0.0574. The predicted octanol–water partition coefficient (Wildman–Crippen LogP) is 2.47. The second-order valence-electron chi connectivity index (χ2n) is 6.17. The van der Waals surface area contributed by atoms with Crippen molar-refractivity contribution >= 4 is 16.7 Å². The molecule has 0 amide bonds. The zero-order chi connectivity index (χ0) is 15.8. The van der Waals surface area contributed by atoms with Gasteiger partial charge in [0.15, 0.2) is 0 Å². The Bertz CT molecular complexity index is 796. The van der Waals surface area contributed by atoms with E-state index in [-0.39, 0.29) is 18.6 Å². The standard InChI is InChI=1S/C18H20N4O/c1-21-12-13(10-11-23)18(14-6-2-5-9-17(14)21)22-19-15-7-3-4-8-16(15)20-22/h2-9,13,18,23H,10-12H2,1H3/t13-,18+/m0/s1. The molecule has 1 aliphatic heterocycles. The second kappa shape index (κ2) is 5.66. The van der Waals surface area contributed by atoms with E-state index in [1.54, 1.807) is 0 Å². The fraction of sp³-hybridized carbons (Fsp3) is 0.333. The Morgan fingerprint density at radius 2 is 1.70 bits per heavy atom. The monoisotopic (exact) mass is 308 g/mol. The highest BCUT2D eigenvalue weighted by Crippen LogP contribution is 2.39. The van der Waals surface area contributed by atoms with Crippen LogP contribution in [-0.4, -0.2) is 40.3 Å². The third-order valence-electron chi connectivity index (χ3n) is 4.67. The summed E-state index contributed by atoms with van der Waals surface area (Å²) in [6.45, 7) is 1.07. The Morgan fingerprint density at radius 1 is 1.04 bits per heavy atom. The summed E-state index contributed by atoms with van der Waals surface area (Å²) in [7, 11) is 2.10. The highest BCUT2D eigenvalue weighted by atomic mass is 16.3. The molecule has 0 unspecified atom stereocenters. The molecular weight excluding hydrogens is 288 g/mol. The fourth-order valence-electron chi connectivity index (χ4n) is 3.62. The summed E-state index contributed by atoms with van der Waals surface area (Å²) in [5.74, 6) is 0.279. The van der Waals surface area contributed by atoms with Crippen LogP contribution in [0.5, 0.6) is 0 Å². The summed E-state index contributed by atoms with van der Waals surface area (Å²) < 4.78 is 0. The van der Waals surface area contributed by atoms with Crippen molar-refractivity contribution in [3.8, 4) is 0 Å². The van der Waals surface area contributed by atoms with Crippen molar-refractivity contribution in [1.29, 1.82) is 0 Å². The van der Waals surface area contributed by atoms with Crippen LogP contribution in [-0.2, 0) is 0 Å². The van der Waals surface area contributed by atoms with Gasteiger partial charge in [0.25, 0.3) is 0 Å². The Balaban J connectivity index is 1.86. The lowest BCUT2D eigenvalue weighted by Gasteiger charge is -2.38. The zero-order valence-electron chi connectivity index (χ0n) is 13.1. The first-order valence-corrected chi connectivity index (χ1v) is 8.00. The molecule has 2 aromatic carbocycles. The molecule has 1 aromatic heterocycles. The molecule has 0 saturated carbocycles. The molecule has 0 spiro atoms. The SMILES string of the molecule is CN1C[C@H](CCO)[C@@H](n2nc3ccccc3n2)c2ccccc21. The minimum Gasteiger partial charge on any atom is -0.396 e. The number of nitrogens with zero attached hydrogens (tertiary/aromatic N) is 4. The lowest BCUT2D eigenvalue weighted by Crippen LogP contribution is -2.39. The van der Waals surface area contributed by atoms with Gasteiger partial charge in [-0.25, -0.2) is 0 Å². The van der Waals surface area contributed by atoms with Crippen molar-refractivity contribution in [2.45, 2.75) is 12.5 Å². The van der Waals surface area contributed by atoms with Crippen molar-refractivity contribution in [1.82, 2.24) is 15.0 Å². The molecule has 3 aromatic rings. The number of fused-ring (bicyclic) bond motifs is 2. The van der Waals surface area contributed by atoms with Crippen LogP contribution in [0.1, 0.15) is 18.0 Å². The minimum absolute atomic E-state index is 0.0574. The molecule has 1 N–H and O–H groups in total. The van der Waals surface area contributed by atoms with Crippen molar-refractivity contribution in [3.63, 3.8) is 0 Å². The Morgan fingerprint density at radius 3 is 2.39 bits per heavy atom. The first-order valence-electron chi connectivity index (χ1n) is 8.00. The van der Waals surface area contributed by atoms with Gasteiger partial charge in [-0.1, -0.05) is 30.3 Å². The number of aromatic nitrogens is 3. The van der Waals surface area contributed by atoms with Gasteiger partial charge in [-0.3, -0.25) is 0 Å². The number of benzene rings is 2. The van der Waals surface area contributed by atoms with E-state index in [4.69, 9.17) is 10.2 Å². The van der Waals surface area contributed by atoms with Gasteiger partial charge in [-0.15, -0.1) is 0 Å². The van der Waals surface area contributed by atoms with Crippen LogP contribution in [0.15, 0.2) is 48.5 Å². The van der Waals surface area contributed by atoms with Gasteiger partial charge in [-0.05, 0) is 24.6 Å². The number of rotatable bonds is 3. The maximum Gasteiger partial charge on any atom is 0.113 e. The average Bonchev–Trinajstić information content (AvgIpc) is 2.99. The zero-order valence-corrected chi connectivity index (χ0v) is 13.1. The maximum absolute atomic E-state index is 9.49. The molecule has 23 heavy (non-hydrogen) atoms. The summed E-state index contributed by atoms with van der Waals surface area (Å²) in [4.78, 5) is 4.10. The normalized spacial score (nSPS) is 20.7. The highest BCUT2D eigenvalue weighted by Gasteiger charge is 2.34. The second-order valence-corrected chi connectivity index (χ2v) is 6.17. The third kappa shape index (κ3) is 2.37. The van der Waals surface area contributed by atoms with E-state index >= 15 is 0 Å². The van der Waals surface area contributed by atoms with E-state index < -0.39 is 0 Å². The number of aliphatic hydroxyl groups is 1. The van der Waals surface area contributed by atoms with Gasteiger partial charge in [-0.2, -0.15) is 15.0 Å². The molecule has 0 fully saturated rings. The first-order chi connectivity index (χ1) is 11.3. The van der Waals surface area contributed by atoms with E-state index in [0.717, 1.165) is 24.0 Å². The van der Waals surface area contributed by atoms with Crippen LogP contribution in [0.2, 0.25) is 0 Å². The number of para-hydroxylation sites is 1. The van der Waals surface area contributed by atoms with E-state index in [0.29, 0.717) is 0 Å². The van der Waals surface area contributed by atoms with Crippen LogP contribution in [0.4, 0.5) is 5.69 Å². The molecule has 0 saturated heterocycles. The molecule has 5 nitrogen and oxygen atoms in total. The van der Waals surface area contributed by atoms with Gasteiger partial charge in [0, 0.05) is 37.4 Å². The molecule has 0 bridgehead atoms. The smallest absolute Gasteiger partial charge is 0.113 e. The molecule has 5 heteroatoms. The van der Waals surface area contributed by atoms with Crippen molar-refractivity contribution in [2.24, 2.45) is 5.92 Å². The van der Waals surface area contributed by atoms with E-state index in [1.807, 2.05) is 29.1 Å². The average molecular weight is 308 g/mol. The van der Waals surface area contributed by atoms with Crippen LogP contribution >= 0.6 is 0 Å². The van der Waals surface area contributed by atoms with Gasteiger partial charge in [0.05, 0.1) is 0 Å². The lowest BCUT2D eigenvalue weighted by atomic mass is 9.85. The van der Waals surface area contributed by atoms with Crippen molar-refractivity contribution < 1.29 is 5.11 Å². The molecule has 4 rings (SSSR count). The molecular formula is C18H20N4O. The number of anilines is 1. The summed E-state index contributed by atoms with van der Waals surface area (Å²) in [6, 6.07) is 16.4. The van der Waals surface area contributed by atoms with Crippen molar-refractivity contribution in [2.75, 3.05) is 25.1 Å². The fourth-order valence-corrected chi connectivity index (χ4v) is 3.62. The number of hydrogen-bond acceptors (Lipinski definition) is 4. The van der Waals surface area contributed by atoms with E-state index in [2.05, 4.69) is 36.2 Å². The Hall–Kier alpha value is -2.40. The number of hydrogen-bond donors (Lipinski definition) is 1. The quantitative estimate of drug-likeness (QED) is 0.807. The highest BCUT2D eigenvalue weighted by molar-refractivity contribution is 5.73. The van der Waals surface area contributed by atoms with Gasteiger partial charge < -0.3 is 10.0 Å². The topological polar surface area (TPSA) is 54.2 Å². The van der Waals surface area contributed by atoms with Crippen molar-refractivity contribution in [3.05, 3.63) is 54.1 Å². The number of aliphatic hydroxyl groups excluding tert-OH is 1. The van der Waals surface area contributed by atoms with Gasteiger partial charge in [0.2, 0.25) is 0 Å².